The Kier molecular flexibility index (Phi) is 6.08. The number of benzene rings is 2. The summed E-state index contributed by atoms with van der Waals surface area (Å²) in [6, 6.07) is 12.4. The van der Waals surface area contributed by atoms with Crippen LogP contribution in [0, 0.1) is 6.92 Å². The summed E-state index contributed by atoms with van der Waals surface area (Å²) in [5.41, 5.74) is 4.53. The van der Waals surface area contributed by atoms with Crippen LogP contribution in [0.1, 0.15) is 11.1 Å². The van der Waals surface area contributed by atoms with E-state index in [0.717, 1.165) is 15.6 Å². The zero-order valence-corrected chi connectivity index (χ0v) is 14.8. The minimum Gasteiger partial charge on any atom is -0.496 e. The molecule has 6 nitrogen and oxygen atoms in total. The Morgan fingerprint density at radius 1 is 1.12 bits per heavy atom. The van der Waals surface area contributed by atoms with Crippen LogP contribution in [-0.2, 0) is 9.59 Å². The molecule has 0 aromatic heterocycles. The Morgan fingerprint density at radius 2 is 1.83 bits per heavy atom. The Bertz CT molecular complexity index is 773. The van der Waals surface area contributed by atoms with Crippen molar-refractivity contribution >= 4 is 39.6 Å². The van der Waals surface area contributed by atoms with Crippen LogP contribution in [0.4, 0.5) is 5.69 Å². The third kappa shape index (κ3) is 4.92. The molecule has 0 saturated carbocycles. The molecule has 2 N–H and O–H groups in total. The largest absolute Gasteiger partial charge is 0.496 e. The van der Waals surface area contributed by atoms with Gasteiger partial charge in [-0.15, -0.1) is 0 Å². The summed E-state index contributed by atoms with van der Waals surface area (Å²) in [7, 11) is 1.57. The summed E-state index contributed by atoms with van der Waals surface area (Å²) in [5.74, 6) is -0.944. The topological polar surface area (TPSA) is 79.8 Å². The predicted molar refractivity (Wildman–Crippen MR) is 96.2 cm³/mol. The van der Waals surface area contributed by atoms with Crippen LogP contribution in [-0.4, -0.2) is 25.1 Å². The highest BCUT2D eigenvalue weighted by molar-refractivity contribution is 9.10. The Morgan fingerprint density at radius 3 is 2.46 bits per heavy atom. The molecule has 124 valence electrons. The molecule has 0 saturated heterocycles. The molecule has 0 atom stereocenters. The number of amides is 2. The lowest BCUT2D eigenvalue weighted by Crippen LogP contribution is -2.32. The SMILES string of the molecule is COc1ccc(/C=N\NC(=O)C(=O)Nc2ccc(C)cc2)cc1Br. The number of methoxy groups -OCH3 is 1. The molecule has 0 aliphatic carbocycles. The van der Waals surface area contributed by atoms with Gasteiger partial charge in [-0.3, -0.25) is 9.59 Å². The standard InChI is InChI=1S/C17H16BrN3O3/c1-11-3-6-13(7-4-11)20-16(22)17(23)21-19-10-12-5-8-15(24-2)14(18)9-12/h3-10H,1-2H3,(H,20,22)(H,21,23)/b19-10-. The van der Waals surface area contributed by atoms with E-state index in [0.29, 0.717) is 11.4 Å². The van der Waals surface area contributed by atoms with Gasteiger partial charge >= 0.3 is 11.8 Å². The lowest BCUT2D eigenvalue weighted by atomic mass is 10.2. The van der Waals surface area contributed by atoms with Gasteiger partial charge in [0.2, 0.25) is 0 Å². The molecule has 0 unspecified atom stereocenters. The van der Waals surface area contributed by atoms with Crippen molar-refractivity contribution in [3.8, 4) is 5.75 Å². The number of carbonyl (C=O) groups is 2. The Labute approximate surface area is 148 Å². The average Bonchev–Trinajstić information content (AvgIpc) is 2.57. The van der Waals surface area contributed by atoms with Crippen molar-refractivity contribution in [1.29, 1.82) is 0 Å². The average molecular weight is 390 g/mol. The number of nitrogens with zero attached hydrogens (tertiary/aromatic N) is 1. The van der Waals surface area contributed by atoms with Gasteiger partial charge in [-0.2, -0.15) is 5.10 Å². The molecular formula is C17H16BrN3O3. The number of rotatable bonds is 4. The van der Waals surface area contributed by atoms with Crippen molar-refractivity contribution in [3.63, 3.8) is 0 Å². The first-order chi connectivity index (χ1) is 11.5. The number of hydrogen-bond acceptors (Lipinski definition) is 4. The van der Waals surface area contributed by atoms with Crippen LogP contribution in [0.3, 0.4) is 0 Å². The van der Waals surface area contributed by atoms with Crippen LogP contribution < -0.4 is 15.5 Å². The first kappa shape index (κ1) is 17.7. The van der Waals surface area contributed by atoms with Crippen molar-refractivity contribution in [3.05, 3.63) is 58.1 Å². The van der Waals surface area contributed by atoms with Crippen molar-refractivity contribution in [2.45, 2.75) is 6.92 Å². The number of halogens is 1. The van der Waals surface area contributed by atoms with Gasteiger partial charge in [0.1, 0.15) is 5.75 Å². The van der Waals surface area contributed by atoms with Crippen LogP contribution in [0.5, 0.6) is 5.75 Å². The van der Waals surface area contributed by atoms with Crippen molar-refractivity contribution in [1.82, 2.24) is 5.43 Å². The van der Waals surface area contributed by atoms with Gasteiger partial charge < -0.3 is 10.1 Å². The lowest BCUT2D eigenvalue weighted by molar-refractivity contribution is -0.136. The molecule has 0 bridgehead atoms. The Hall–Kier alpha value is -2.67. The second kappa shape index (κ2) is 8.26. The van der Waals surface area contributed by atoms with Gasteiger partial charge in [0.25, 0.3) is 0 Å². The summed E-state index contributed by atoms with van der Waals surface area (Å²) in [5, 5.41) is 6.26. The molecular weight excluding hydrogens is 374 g/mol. The smallest absolute Gasteiger partial charge is 0.329 e. The van der Waals surface area contributed by atoms with Gasteiger partial charge in [-0.05, 0) is 58.7 Å². The van der Waals surface area contributed by atoms with Crippen LogP contribution >= 0.6 is 15.9 Å². The van der Waals surface area contributed by atoms with Gasteiger partial charge in [0, 0.05) is 5.69 Å². The van der Waals surface area contributed by atoms with Gasteiger partial charge in [0.15, 0.2) is 0 Å². The molecule has 0 spiro atoms. The zero-order chi connectivity index (χ0) is 17.5. The van der Waals surface area contributed by atoms with E-state index in [2.05, 4.69) is 31.8 Å². The number of hydrogen-bond donors (Lipinski definition) is 2. The van der Waals surface area contributed by atoms with E-state index in [9.17, 15) is 9.59 Å². The quantitative estimate of drug-likeness (QED) is 0.479. The second-order valence-corrected chi connectivity index (χ2v) is 5.77. The summed E-state index contributed by atoms with van der Waals surface area (Å²) in [6.07, 6.45) is 1.43. The molecule has 0 heterocycles. The molecule has 2 amide bonds. The number of aryl methyl sites for hydroxylation is 1. The number of anilines is 1. The Balaban J connectivity index is 1.90. The first-order valence-corrected chi connectivity index (χ1v) is 7.83. The predicted octanol–water partition coefficient (Wildman–Crippen LogP) is 2.85. The summed E-state index contributed by atoms with van der Waals surface area (Å²) in [4.78, 5) is 23.5. The molecule has 0 aliphatic rings. The minimum absolute atomic E-state index is 0.545. The number of hydrazone groups is 1. The van der Waals surface area contributed by atoms with Crippen LogP contribution in [0.25, 0.3) is 0 Å². The number of carbonyl (C=O) groups excluding carboxylic acids is 2. The highest BCUT2D eigenvalue weighted by Gasteiger charge is 2.12. The molecule has 0 radical (unpaired) electrons. The maximum Gasteiger partial charge on any atom is 0.329 e. The third-order valence-corrected chi connectivity index (χ3v) is 3.69. The normalized spacial score (nSPS) is 10.5. The van der Waals surface area contributed by atoms with E-state index < -0.39 is 11.8 Å². The monoisotopic (exact) mass is 389 g/mol. The van der Waals surface area contributed by atoms with E-state index in [4.69, 9.17) is 4.74 Å². The molecule has 7 heteroatoms. The number of nitrogens with one attached hydrogen (secondary N) is 2. The summed E-state index contributed by atoms with van der Waals surface area (Å²) < 4.78 is 5.89. The maximum absolute atomic E-state index is 11.8. The third-order valence-electron chi connectivity index (χ3n) is 3.07. The highest BCUT2D eigenvalue weighted by Crippen LogP contribution is 2.24. The van der Waals surface area contributed by atoms with Gasteiger partial charge in [0.05, 0.1) is 17.8 Å². The van der Waals surface area contributed by atoms with Crippen LogP contribution in [0.2, 0.25) is 0 Å². The van der Waals surface area contributed by atoms with E-state index in [1.165, 1.54) is 6.21 Å². The second-order valence-electron chi connectivity index (χ2n) is 4.91. The zero-order valence-electron chi connectivity index (χ0n) is 13.2. The lowest BCUT2D eigenvalue weighted by Gasteiger charge is -2.04. The van der Waals surface area contributed by atoms with Crippen molar-refractivity contribution in [2.24, 2.45) is 5.10 Å². The molecule has 24 heavy (non-hydrogen) atoms. The fourth-order valence-corrected chi connectivity index (χ4v) is 2.36. The fourth-order valence-electron chi connectivity index (χ4n) is 1.80. The molecule has 0 aliphatic heterocycles. The number of ether oxygens (including phenoxy) is 1. The van der Waals surface area contributed by atoms with E-state index >= 15 is 0 Å². The van der Waals surface area contributed by atoms with E-state index in [1.807, 2.05) is 19.1 Å². The molecule has 2 aromatic carbocycles. The molecule has 2 rings (SSSR count). The fraction of sp³-hybridized carbons (Fsp3) is 0.118. The van der Waals surface area contributed by atoms with Gasteiger partial charge in [-0.1, -0.05) is 17.7 Å². The van der Waals surface area contributed by atoms with Crippen LogP contribution in [0.15, 0.2) is 52.0 Å². The summed E-state index contributed by atoms with van der Waals surface area (Å²) >= 11 is 3.36. The van der Waals surface area contributed by atoms with Crippen molar-refractivity contribution in [2.75, 3.05) is 12.4 Å². The van der Waals surface area contributed by atoms with Gasteiger partial charge in [-0.25, -0.2) is 5.43 Å². The molecule has 2 aromatic rings. The first-order valence-electron chi connectivity index (χ1n) is 7.04. The van der Waals surface area contributed by atoms with E-state index in [1.54, 1.807) is 37.4 Å². The van der Waals surface area contributed by atoms with E-state index in [-0.39, 0.29) is 0 Å². The highest BCUT2D eigenvalue weighted by atomic mass is 79.9. The minimum atomic E-state index is -0.848. The summed E-state index contributed by atoms with van der Waals surface area (Å²) in [6.45, 7) is 1.94. The van der Waals surface area contributed by atoms with Crippen molar-refractivity contribution < 1.29 is 14.3 Å². The maximum atomic E-state index is 11.8. The molecule has 0 fully saturated rings.